The van der Waals surface area contributed by atoms with Gasteiger partial charge in [-0.1, -0.05) is 12.1 Å². The first kappa shape index (κ1) is 29.8. The first-order chi connectivity index (χ1) is 16.8. The molecule has 4 atom stereocenters. The van der Waals surface area contributed by atoms with Gasteiger partial charge >= 0.3 is 11.9 Å². The van der Waals surface area contributed by atoms with Crippen molar-refractivity contribution in [3.63, 3.8) is 0 Å². The summed E-state index contributed by atoms with van der Waals surface area (Å²) in [5.41, 5.74) is 11.4. The number of carbonyl (C=O) groups is 6. The minimum Gasteiger partial charge on any atom is -0.508 e. The molecule has 15 heteroatoms. The zero-order valence-corrected chi connectivity index (χ0v) is 19.0. The first-order valence-corrected chi connectivity index (χ1v) is 10.6. The van der Waals surface area contributed by atoms with Crippen LogP contribution in [-0.4, -0.2) is 86.8 Å². The minimum atomic E-state index is -1.70. The molecule has 4 amide bonds. The molecule has 1 aromatic rings. The van der Waals surface area contributed by atoms with E-state index in [1.807, 2.05) is 10.6 Å². The Morgan fingerprint density at radius 2 is 1.36 bits per heavy atom. The predicted molar refractivity (Wildman–Crippen MR) is 121 cm³/mol. The number of aliphatic hydroxyl groups excluding tert-OH is 1. The van der Waals surface area contributed by atoms with Crippen LogP contribution in [-0.2, 0) is 35.2 Å². The van der Waals surface area contributed by atoms with Gasteiger partial charge in [-0.15, -0.1) is 0 Å². The first-order valence-electron chi connectivity index (χ1n) is 10.6. The second kappa shape index (κ2) is 14.2. The molecule has 1 aromatic carbocycles. The summed E-state index contributed by atoms with van der Waals surface area (Å²) in [5.74, 6) is -6.94. The van der Waals surface area contributed by atoms with Gasteiger partial charge in [0, 0.05) is 6.42 Å². The predicted octanol–water partition coefficient (Wildman–Crippen LogP) is -3.47. The monoisotopic (exact) mass is 511 g/mol. The van der Waals surface area contributed by atoms with Gasteiger partial charge in [-0.05, 0) is 30.5 Å². The number of nitrogens with one attached hydrogen (secondary N) is 3. The molecule has 198 valence electrons. The van der Waals surface area contributed by atoms with Crippen molar-refractivity contribution < 1.29 is 49.2 Å². The molecule has 0 aliphatic rings. The molecule has 0 radical (unpaired) electrons. The van der Waals surface area contributed by atoms with Gasteiger partial charge in [-0.25, -0.2) is 4.79 Å². The summed E-state index contributed by atoms with van der Waals surface area (Å²) in [4.78, 5) is 70.8. The van der Waals surface area contributed by atoms with Crippen molar-refractivity contribution in [2.24, 2.45) is 11.5 Å². The van der Waals surface area contributed by atoms with E-state index >= 15 is 0 Å². The molecule has 0 bridgehead atoms. The summed E-state index contributed by atoms with van der Waals surface area (Å²) < 4.78 is 0. The number of phenols is 1. The van der Waals surface area contributed by atoms with Gasteiger partial charge in [0.25, 0.3) is 0 Å². The molecular formula is C21H29N5O10. The number of carbonyl (C=O) groups excluding carboxylic acids is 4. The molecule has 0 fully saturated rings. The van der Waals surface area contributed by atoms with Crippen LogP contribution < -0.4 is 27.4 Å². The molecule has 0 aliphatic carbocycles. The van der Waals surface area contributed by atoms with Crippen molar-refractivity contribution in [1.82, 2.24) is 16.0 Å². The number of benzene rings is 1. The number of primary amides is 1. The van der Waals surface area contributed by atoms with E-state index in [-0.39, 0.29) is 25.0 Å². The van der Waals surface area contributed by atoms with Crippen LogP contribution in [0, 0.1) is 0 Å². The van der Waals surface area contributed by atoms with E-state index in [1.165, 1.54) is 24.3 Å². The van der Waals surface area contributed by atoms with Crippen molar-refractivity contribution in [2.75, 3.05) is 6.61 Å². The average Bonchev–Trinajstić information content (AvgIpc) is 2.80. The number of hydrogen-bond acceptors (Lipinski definition) is 9. The van der Waals surface area contributed by atoms with Gasteiger partial charge in [0.2, 0.25) is 23.6 Å². The standard InChI is InChI=1S/C21H29N5O10/c22-12(7-10-1-3-11(28)4-2-10)18(32)25-14(8-17(30)31)19(33)26-15(9-27)20(34)24-13(21(35)36)5-6-16(23)29/h1-4,12-15,27-28H,5-9,22H2,(H2,23,29)(H,24,34)(H,25,32)(H,26,33)(H,30,31)(H,35,36). The number of hydrogen-bond donors (Lipinski definition) is 9. The third-order valence-corrected chi connectivity index (χ3v) is 4.85. The number of phenolic OH excluding ortho intramolecular Hbond substituents is 1. The summed E-state index contributed by atoms with van der Waals surface area (Å²) in [6.45, 7) is -0.992. The van der Waals surface area contributed by atoms with E-state index < -0.39 is 72.8 Å². The normalized spacial score (nSPS) is 13.9. The Kier molecular flexibility index (Phi) is 11.8. The number of aliphatic hydroxyl groups is 1. The molecule has 36 heavy (non-hydrogen) atoms. The number of aromatic hydroxyl groups is 1. The van der Waals surface area contributed by atoms with E-state index in [0.29, 0.717) is 5.56 Å². The number of aliphatic carboxylic acids is 2. The SMILES string of the molecule is NC(=O)CCC(NC(=O)C(CO)NC(=O)C(CC(=O)O)NC(=O)C(N)Cc1ccc(O)cc1)C(=O)O. The largest absolute Gasteiger partial charge is 0.508 e. The van der Waals surface area contributed by atoms with Gasteiger partial charge in [-0.2, -0.15) is 0 Å². The molecule has 0 spiro atoms. The van der Waals surface area contributed by atoms with Crippen LogP contribution in [0.4, 0.5) is 0 Å². The molecule has 0 aliphatic heterocycles. The Hall–Kier alpha value is -4.24. The van der Waals surface area contributed by atoms with E-state index in [0.717, 1.165) is 0 Å². The van der Waals surface area contributed by atoms with Crippen LogP contribution in [0.2, 0.25) is 0 Å². The third kappa shape index (κ3) is 10.4. The van der Waals surface area contributed by atoms with Crippen molar-refractivity contribution >= 4 is 35.6 Å². The Morgan fingerprint density at radius 1 is 0.833 bits per heavy atom. The third-order valence-electron chi connectivity index (χ3n) is 4.85. The average molecular weight is 511 g/mol. The van der Waals surface area contributed by atoms with Crippen molar-refractivity contribution in [3.05, 3.63) is 29.8 Å². The lowest BCUT2D eigenvalue weighted by Crippen LogP contribution is -2.58. The van der Waals surface area contributed by atoms with Crippen LogP contribution in [0.25, 0.3) is 0 Å². The molecule has 0 heterocycles. The summed E-state index contributed by atoms with van der Waals surface area (Å²) >= 11 is 0. The highest BCUT2D eigenvalue weighted by molar-refractivity contribution is 5.95. The van der Waals surface area contributed by atoms with Crippen molar-refractivity contribution in [2.45, 2.75) is 49.9 Å². The fraction of sp³-hybridized carbons (Fsp3) is 0.429. The number of amides is 4. The van der Waals surface area contributed by atoms with Crippen LogP contribution in [0.3, 0.4) is 0 Å². The molecule has 11 N–H and O–H groups in total. The topological polar surface area (TPSA) is 271 Å². The van der Waals surface area contributed by atoms with Gasteiger partial charge in [0.05, 0.1) is 19.1 Å². The molecule has 15 nitrogen and oxygen atoms in total. The van der Waals surface area contributed by atoms with Crippen molar-refractivity contribution in [3.8, 4) is 5.75 Å². The van der Waals surface area contributed by atoms with Crippen molar-refractivity contribution in [1.29, 1.82) is 0 Å². The van der Waals surface area contributed by atoms with Gasteiger partial charge in [0.1, 0.15) is 23.9 Å². The molecule has 0 saturated heterocycles. The Morgan fingerprint density at radius 3 is 1.86 bits per heavy atom. The van der Waals surface area contributed by atoms with Crippen LogP contribution in [0.15, 0.2) is 24.3 Å². The molecular weight excluding hydrogens is 482 g/mol. The highest BCUT2D eigenvalue weighted by atomic mass is 16.4. The molecule has 4 unspecified atom stereocenters. The summed E-state index contributed by atoms with van der Waals surface area (Å²) in [6, 6.07) is -0.350. The lowest BCUT2D eigenvalue weighted by molar-refractivity contribution is -0.143. The quantitative estimate of drug-likeness (QED) is 0.112. The smallest absolute Gasteiger partial charge is 0.326 e. The molecule has 0 aromatic heterocycles. The zero-order valence-electron chi connectivity index (χ0n) is 19.0. The Bertz CT molecular complexity index is 968. The second-order valence-electron chi connectivity index (χ2n) is 7.78. The number of carboxylic acid groups (broad SMARTS) is 2. The maximum Gasteiger partial charge on any atom is 0.326 e. The maximum atomic E-state index is 12.6. The molecule has 1 rings (SSSR count). The highest BCUT2D eigenvalue weighted by Crippen LogP contribution is 2.11. The zero-order chi connectivity index (χ0) is 27.4. The van der Waals surface area contributed by atoms with E-state index in [1.54, 1.807) is 0 Å². The number of nitrogens with two attached hydrogens (primary N) is 2. The molecule has 0 saturated carbocycles. The fourth-order valence-electron chi connectivity index (χ4n) is 2.92. The lowest BCUT2D eigenvalue weighted by atomic mass is 10.0. The second-order valence-corrected chi connectivity index (χ2v) is 7.78. The summed E-state index contributed by atoms with van der Waals surface area (Å²) in [5, 5.41) is 43.4. The van der Waals surface area contributed by atoms with Gasteiger partial charge in [-0.3, -0.25) is 24.0 Å². The summed E-state index contributed by atoms with van der Waals surface area (Å²) in [6.07, 6.45) is -1.60. The summed E-state index contributed by atoms with van der Waals surface area (Å²) in [7, 11) is 0. The van der Waals surface area contributed by atoms with Crippen LogP contribution >= 0.6 is 0 Å². The highest BCUT2D eigenvalue weighted by Gasteiger charge is 2.31. The van der Waals surface area contributed by atoms with Crippen LogP contribution in [0.5, 0.6) is 5.75 Å². The van der Waals surface area contributed by atoms with Crippen LogP contribution in [0.1, 0.15) is 24.8 Å². The number of rotatable bonds is 15. The fourth-order valence-corrected chi connectivity index (χ4v) is 2.92. The lowest BCUT2D eigenvalue weighted by Gasteiger charge is -2.23. The van der Waals surface area contributed by atoms with E-state index in [4.69, 9.17) is 16.6 Å². The minimum absolute atomic E-state index is 0.0000138. The van der Waals surface area contributed by atoms with Gasteiger partial charge in [0.15, 0.2) is 0 Å². The van der Waals surface area contributed by atoms with Gasteiger partial charge < -0.3 is 47.8 Å². The maximum absolute atomic E-state index is 12.6. The van der Waals surface area contributed by atoms with E-state index in [2.05, 4.69) is 5.32 Å². The van der Waals surface area contributed by atoms with E-state index in [9.17, 15) is 44.1 Å². The Balaban J connectivity index is 2.85. The number of carboxylic acids is 2. The Labute approximate surface area is 204 Å².